The van der Waals surface area contributed by atoms with Crippen LogP contribution in [0.25, 0.3) is 0 Å². The van der Waals surface area contributed by atoms with Crippen molar-refractivity contribution >= 4 is 36.0 Å². The van der Waals surface area contributed by atoms with Crippen LogP contribution in [0.2, 0.25) is 0 Å². The van der Waals surface area contributed by atoms with Crippen LogP contribution in [-0.2, 0) is 6.95 Å². The van der Waals surface area contributed by atoms with Gasteiger partial charge in [0, 0.05) is 0 Å². The molecule has 0 saturated carbocycles. The van der Waals surface area contributed by atoms with Crippen molar-refractivity contribution < 1.29 is 4.21 Å². The SMILES string of the molecule is O=S(#P)I. The van der Waals surface area contributed by atoms with Gasteiger partial charge >= 0.3 is 40.2 Å². The third-order valence-corrected chi connectivity index (χ3v) is 0. The Hall–Kier alpha value is 1.18. The summed E-state index contributed by atoms with van der Waals surface area (Å²) in [7, 11) is 3.42. The Balaban J connectivity index is 3.85. The molecular weight excluding hydrogens is 206 g/mol. The van der Waals surface area contributed by atoms with Crippen molar-refractivity contribution in [1.82, 2.24) is 0 Å². The van der Waals surface area contributed by atoms with Crippen LogP contribution in [0.5, 0.6) is 0 Å². The van der Waals surface area contributed by atoms with Gasteiger partial charge in [-0.3, -0.25) is 0 Å². The molecule has 0 N–H and O–H groups in total. The van der Waals surface area contributed by atoms with Gasteiger partial charge in [-0.25, -0.2) is 0 Å². The van der Waals surface area contributed by atoms with E-state index in [1.165, 1.54) is 0 Å². The molecule has 0 amide bonds. The second-order valence-corrected chi connectivity index (χ2v) is 6.10. The zero-order chi connectivity index (χ0) is 3.58. The van der Waals surface area contributed by atoms with E-state index in [0.29, 0.717) is 0 Å². The van der Waals surface area contributed by atoms with Crippen LogP contribution in [0.15, 0.2) is 0 Å². The first-order valence-corrected chi connectivity index (χ1v) is 5.25. The van der Waals surface area contributed by atoms with E-state index >= 15 is 0 Å². The van der Waals surface area contributed by atoms with Crippen LogP contribution in [-0.4, -0.2) is 4.21 Å². The average molecular weight is 206 g/mol. The Labute approximate surface area is 40.3 Å². The first-order chi connectivity index (χ1) is 1.73. The van der Waals surface area contributed by atoms with E-state index < -0.39 is 6.95 Å². The van der Waals surface area contributed by atoms with Gasteiger partial charge in [0.25, 0.3) is 0 Å². The third kappa shape index (κ3) is 10.9. The quantitative estimate of drug-likeness (QED) is 0.332. The monoisotopic (exact) mass is 206 g/mol. The molecular formula is IOPS. The standard InChI is InChI=1S/IOPS/c1-4(2)3. The summed E-state index contributed by atoms with van der Waals surface area (Å²) >= 11 is 1.68. The third-order valence-electron chi connectivity index (χ3n) is 0. The molecule has 0 aromatic carbocycles. The first kappa shape index (κ1) is 5.18. The molecule has 1 nitrogen and oxygen atoms in total. The van der Waals surface area contributed by atoms with Crippen LogP contribution in [0, 0.1) is 0 Å². The molecule has 0 unspecified atom stereocenters. The Morgan fingerprint density at radius 1 is 2.00 bits per heavy atom. The van der Waals surface area contributed by atoms with Crippen LogP contribution in [0.3, 0.4) is 0 Å². The molecule has 24 valence electrons. The molecule has 4 heavy (non-hydrogen) atoms. The maximum atomic E-state index is 9.41. The molecule has 0 radical (unpaired) electrons. The van der Waals surface area contributed by atoms with Crippen LogP contribution >= 0.6 is 29.0 Å². The number of hydrogen-bond acceptors (Lipinski definition) is 1. The molecule has 4 heteroatoms. The summed E-state index contributed by atoms with van der Waals surface area (Å²) in [5.41, 5.74) is 0. The van der Waals surface area contributed by atoms with E-state index in [9.17, 15) is 4.21 Å². The zero-order valence-electron chi connectivity index (χ0n) is 1.64. The summed E-state index contributed by atoms with van der Waals surface area (Å²) in [6.45, 7) is -0.947. The van der Waals surface area contributed by atoms with E-state index in [0.717, 1.165) is 0 Å². The second kappa shape index (κ2) is 2.42. The Bertz CT molecular complexity index is 98.2. The van der Waals surface area contributed by atoms with Gasteiger partial charge in [0.05, 0.1) is 0 Å². The van der Waals surface area contributed by atoms with Crippen molar-refractivity contribution in [3.8, 4) is 0 Å². The van der Waals surface area contributed by atoms with Crippen LogP contribution in [0.1, 0.15) is 0 Å². The first-order valence-electron chi connectivity index (χ1n) is 0.504. The fraction of sp³-hybridized carbons (Fsp3) is 0. The zero-order valence-corrected chi connectivity index (χ0v) is 5.51. The number of rotatable bonds is 0. The summed E-state index contributed by atoms with van der Waals surface area (Å²) in [5, 5.41) is 0. The topological polar surface area (TPSA) is 17.1 Å². The van der Waals surface area contributed by atoms with Gasteiger partial charge < -0.3 is 0 Å². The van der Waals surface area contributed by atoms with Gasteiger partial charge in [-0.1, -0.05) is 0 Å². The number of hydrogen-bond donors (Lipinski definition) is 0. The van der Waals surface area contributed by atoms with Gasteiger partial charge in [0.15, 0.2) is 0 Å². The van der Waals surface area contributed by atoms with E-state index in [1.54, 1.807) is 21.2 Å². The molecule has 0 saturated heterocycles. The minimum absolute atomic E-state index is 0.947. The van der Waals surface area contributed by atoms with Crippen LogP contribution < -0.4 is 0 Å². The number of halogens is 1. The van der Waals surface area contributed by atoms with E-state index in [4.69, 9.17) is 0 Å². The van der Waals surface area contributed by atoms with E-state index in [-0.39, 0.29) is 0 Å². The van der Waals surface area contributed by atoms with E-state index in [1.807, 2.05) is 0 Å². The summed E-state index contributed by atoms with van der Waals surface area (Å²) < 4.78 is 9.41. The molecule has 0 rings (SSSR count). The maximum absolute atomic E-state index is 9.41. The molecule has 0 aromatic rings. The van der Waals surface area contributed by atoms with Crippen molar-refractivity contribution in [2.75, 3.05) is 0 Å². The summed E-state index contributed by atoms with van der Waals surface area (Å²) in [6, 6.07) is 0. The summed E-state index contributed by atoms with van der Waals surface area (Å²) in [6.07, 6.45) is 0. The Morgan fingerprint density at radius 2 is 2.00 bits per heavy atom. The van der Waals surface area contributed by atoms with Gasteiger partial charge in [-0.2, -0.15) is 0 Å². The Morgan fingerprint density at radius 3 is 2.00 bits per heavy atom. The van der Waals surface area contributed by atoms with Gasteiger partial charge in [-0.15, -0.1) is 0 Å². The fourth-order valence-electron chi connectivity index (χ4n) is 0. The molecule has 0 atom stereocenters. The van der Waals surface area contributed by atoms with Gasteiger partial charge in [-0.05, 0) is 0 Å². The normalized spacial score (nSPS) is 6.00. The minimum atomic E-state index is -0.947. The van der Waals surface area contributed by atoms with Crippen molar-refractivity contribution in [1.29, 1.82) is 0 Å². The van der Waals surface area contributed by atoms with Gasteiger partial charge in [0.2, 0.25) is 0 Å². The second-order valence-electron chi connectivity index (χ2n) is 0.207. The van der Waals surface area contributed by atoms with Gasteiger partial charge in [0.1, 0.15) is 0 Å². The van der Waals surface area contributed by atoms with Crippen molar-refractivity contribution in [3.05, 3.63) is 0 Å². The van der Waals surface area contributed by atoms with Crippen LogP contribution in [0.4, 0.5) is 0 Å². The van der Waals surface area contributed by atoms with Crippen molar-refractivity contribution in [2.45, 2.75) is 0 Å². The molecule has 0 heterocycles. The van der Waals surface area contributed by atoms with Crippen molar-refractivity contribution in [3.63, 3.8) is 0 Å². The molecule has 0 aliphatic rings. The molecule has 0 aliphatic carbocycles. The van der Waals surface area contributed by atoms with Crippen molar-refractivity contribution in [2.24, 2.45) is 0 Å². The molecule has 0 bridgehead atoms. The average Bonchev–Trinajstić information content (AvgIpc) is 0.811. The molecule has 0 aromatic heterocycles. The predicted molar refractivity (Wildman–Crippen MR) is 29.1 cm³/mol. The summed E-state index contributed by atoms with van der Waals surface area (Å²) in [4.78, 5) is 0. The fourth-order valence-corrected chi connectivity index (χ4v) is 0. The Kier molecular flexibility index (Phi) is 3.13. The molecule has 0 aliphatic heterocycles. The molecule has 0 fully saturated rings. The predicted octanol–water partition coefficient (Wildman–Crippen LogP) is 1.41. The summed E-state index contributed by atoms with van der Waals surface area (Å²) in [5.74, 6) is 0. The van der Waals surface area contributed by atoms with E-state index in [2.05, 4.69) is 7.81 Å². The molecule has 0 spiro atoms.